The van der Waals surface area contributed by atoms with Gasteiger partial charge in [0.2, 0.25) is 5.91 Å². The van der Waals surface area contributed by atoms with Gasteiger partial charge in [-0.15, -0.1) is 0 Å². The van der Waals surface area contributed by atoms with E-state index in [-0.39, 0.29) is 17.7 Å². The Morgan fingerprint density at radius 1 is 1.07 bits per heavy atom. The van der Waals surface area contributed by atoms with Gasteiger partial charge < -0.3 is 15.3 Å². The van der Waals surface area contributed by atoms with Crippen molar-refractivity contribution in [3.05, 3.63) is 79.5 Å². The highest BCUT2D eigenvalue weighted by molar-refractivity contribution is 6.07. The van der Waals surface area contributed by atoms with Gasteiger partial charge in [-0.05, 0) is 52.2 Å². The summed E-state index contributed by atoms with van der Waals surface area (Å²) >= 11 is 0. The van der Waals surface area contributed by atoms with Gasteiger partial charge in [0, 0.05) is 24.7 Å². The van der Waals surface area contributed by atoms with Gasteiger partial charge >= 0.3 is 0 Å². The number of nitrogens with one attached hydrogen (secondary N) is 1. The van der Waals surface area contributed by atoms with Crippen molar-refractivity contribution in [2.45, 2.75) is 6.04 Å². The second-order valence-corrected chi connectivity index (χ2v) is 7.56. The number of pyridine rings is 1. The molecule has 1 aliphatic rings. The van der Waals surface area contributed by atoms with E-state index in [4.69, 9.17) is 0 Å². The molecule has 0 spiro atoms. The maximum absolute atomic E-state index is 11.7. The molecule has 2 N–H and O–H groups in total. The highest BCUT2D eigenvalue weighted by Crippen LogP contribution is 2.37. The van der Waals surface area contributed by atoms with Gasteiger partial charge in [-0.25, -0.2) is 0 Å². The number of nitrogens with zero attached hydrogens (tertiary/aromatic N) is 2. The molecule has 5 rings (SSSR count). The fraction of sp³-hybridized carbons (Fsp3) is 0.120. The fourth-order valence-corrected chi connectivity index (χ4v) is 4.14. The first-order chi connectivity index (χ1) is 14.6. The Morgan fingerprint density at radius 3 is 2.70 bits per heavy atom. The van der Waals surface area contributed by atoms with E-state index in [1.165, 1.54) is 6.08 Å². The number of phenols is 1. The summed E-state index contributed by atoms with van der Waals surface area (Å²) < 4.78 is 0. The smallest absolute Gasteiger partial charge is 0.246 e. The van der Waals surface area contributed by atoms with Gasteiger partial charge in [-0.2, -0.15) is 0 Å². The van der Waals surface area contributed by atoms with Crippen LogP contribution in [-0.2, 0) is 4.79 Å². The minimum absolute atomic E-state index is 0.0397. The van der Waals surface area contributed by atoms with E-state index in [2.05, 4.69) is 29.0 Å². The molecule has 0 radical (unpaired) electrons. The average molecular weight is 395 g/mol. The molecule has 1 aromatic heterocycles. The Labute approximate surface area is 174 Å². The predicted octanol–water partition coefficient (Wildman–Crippen LogP) is 4.57. The number of anilines is 1. The maximum atomic E-state index is 11.7. The third kappa shape index (κ3) is 3.05. The Bertz CT molecular complexity index is 1290. The van der Waals surface area contributed by atoms with Gasteiger partial charge in [0.15, 0.2) is 0 Å². The number of para-hydroxylation sites is 1. The molecule has 0 atom stereocenters. The summed E-state index contributed by atoms with van der Waals surface area (Å²) in [5, 5.41) is 16.9. The molecule has 0 aliphatic carbocycles. The topological polar surface area (TPSA) is 65.5 Å². The first-order valence-corrected chi connectivity index (χ1v) is 9.92. The molecule has 1 saturated heterocycles. The summed E-state index contributed by atoms with van der Waals surface area (Å²) in [7, 11) is 0. The van der Waals surface area contributed by atoms with Crippen LogP contribution in [-0.4, -0.2) is 40.0 Å². The zero-order chi connectivity index (χ0) is 20.7. The number of benzene rings is 3. The number of hydrogen-bond acceptors (Lipinski definition) is 4. The first-order valence-electron chi connectivity index (χ1n) is 9.92. The van der Waals surface area contributed by atoms with Crippen LogP contribution in [0.4, 0.5) is 5.69 Å². The molecular weight excluding hydrogens is 374 g/mol. The van der Waals surface area contributed by atoms with Crippen LogP contribution < -0.4 is 5.32 Å². The lowest BCUT2D eigenvalue weighted by Crippen LogP contribution is -2.56. The van der Waals surface area contributed by atoms with Crippen LogP contribution in [0.1, 0.15) is 0 Å². The van der Waals surface area contributed by atoms with Crippen LogP contribution in [0, 0.1) is 0 Å². The predicted molar refractivity (Wildman–Crippen MR) is 121 cm³/mol. The standard InChI is InChI=1S/C25H21N3O2/c1-2-24(30)28-14-17(15-28)27-23-9-5-8-21-20(10-11-26-25(21)23)22-13-18(29)12-16-6-3-4-7-19(16)22/h2-13,17,27,29H,1,14-15H2. The quantitative estimate of drug-likeness (QED) is 0.497. The van der Waals surface area contributed by atoms with Gasteiger partial charge in [0.1, 0.15) is 5.75 Å². The lowest BCUT2D eigenvalue weighted by Gasteiger charge is -2.39. The van der Waals surface area contributed by atoms with Gasteiger partial charge in [-0.3, -0.25) is 9.78 Å². The number of hydrogen-bond donors (Lipinski definition) is 2. The molecule has 5 heteroatoms. The third-order valence-electron chi connectivity index (χ3n) is 5.64. The summed E-state index contributed by atoms with van der Waals surface area (Å²) in [6.07, 6.45) is 3.15. The molecule has 0 bridgehead atoms. The zero-order valence-corrected chi connectivity index (χ0v) is 16.4. The van der Waals surface area contributed by atoms with E-state index in [9.17, 15) is 9.90 Å². The largest absolute Gasteiger partial charge is 0.508 e. The van der Waals surface area contributed by atoms with Crippen LogP contribution in [0.3, 0.4) is 0 Å². The molecule has 2 heterocycles. The molecule has 30 heavy (non-hydrogen) atoms. The molecule has 0 unspecified atom stereocenters. The monoisotopic (exact) mass is 395 g/mol. The number of carbonyl (C=O) groups excluding carboxylic acids is 1. The van der Waals surface area contributed by atoms with Crippen molar-refractivity contribution in [2.24, 2.45) is 0 Å². The van der Waals surface area contributed by atoms with Crippen molar-refractivity contribution in [3.63, 3.8) is 0 Å². The minimum Gasteiger partial charge on any atom is -0.508 e. The molecule has 4 aromatic rings. The number of likely N-dealkylation sites (tertiary alicyclic amines) is 1. The molecule has 3 aromatic carbocycles. The fourth-order valence-electron chi connectivity index (χ4n) is 4.14. The van der Waals surface area contributed by atoms with Crippen molar-refractivity contribution in [1.82, 2.24) is 9.88 Å². The molecular formula is C25H21N3O2. The number of aromatic hydroxyl groups is 1. The van der Waals surface area contributed by atoms with Crippen molar-refractivity contribution < 1.29 is 9.90 Å². The van der Waals surface area contributed by atoms with E-state index in [0.29, 0.717) is 13.1 Å². The Balaban J connectivity index is 1.56. The average Bonchev–Trinajstić information content (AvgIpc) is 2.74. The first kappa shape index (κ1) is 18.2. The summed E-state index contributed by atoms with van der Waals surface area (Å²) in [5.74, 6) is 0.200. The number of carbonyl (C=O) groups is 1. The van der Waals surface area contributed by atoms with E-state index < -0.39 is 0 Å². The normalized spacial score (nSPS) is 13.9. The summed E-state index contributed by atoms with van der Waals surface area (Å²) in [5.41, 5.74) is 3.81. The van der Waals surface area contributed by atoms with Crippen molar-refractivity contribution in [2.75, 3.05) is 18.4 Å². The van der Waals surface area contributed by atoms with Crippen LogP contribution in [0.25, 0.3) is 32.8 Å². The Kier molecular flexibility index (Phi) is 4.36. The number of rotatable bonds is 4. The molecule has 1 aliphatic heterocycles. The van der Waals surface area contributed by atoms with E-state index in [1.807, 2.05) is 42.5 Å². The molecule has 1 amide bonds. The molecule has 5 nitrogen and oxygen atoms in total. The SMILES string of the molecule is C=CC(=O)N1CC(Nc2cccc3c(-c4cc(O)cc5ccccc45)ccnc23)C1. The van der Waals surface area contributed by atoms with Crippen LogP contribution in [0.5, 0.6) is 5.75 Å². The molecule has 0 saturated carbocycles. The number of aromatic nitrogens is 1. The van der Waals surface area contributed by atoms with E-state index >= 15 is 0 Å². The second-order valence-electron chi connectivity index (χ2n) is 7.56. The number of phenolic OH excluding ortho intramolecular Hbond substituents is 1. The molecule has 148 valence electrons. The van der Waals surface area contributed by atoms with Crippen LogP contribution >= 0.6 is 0 Å². The summed E-state index contributed by atoms with van der Waals surface area (Å²) in [6.45, 7) is 4.84. The highest BCUT2D eigenvalue weighted by Gasteiger charge is 2.29. The van der Waals surface area contributed by atoms with Gasteiger partial charge in [0.25, 0.3) is 0 Å². The lowest BCUT2D eigenvalue weighted by atomic mass is 9.95. The highest BCUT2D eigenvalue weighted by atomic mass is 16.3. The van der Waals surface area contributed by atoms with Gasteiger partial charge in [-0.1, -0.05) is 43.0 Å². The van der Waals surface area contributed by atoms with Crippen molar-refractivity contribution >= 4 is 33.3 Å². The van der Waals surface area contributed by atoms with Crippen molar-refractivity contribution in [3.8, 4) is 16.9 Å². The Hall–Kier alpha value is -3.86. The van der Waals surface area contributed by atoms with Crippen molar-refractivity contribution in [1.29, 1.82) is 0 Å². The zero-order valence-electron chi connectivity index (χ0n) is 16.4. The van der Waals surface area contributed by atoms with E-state index in [1.54, 1.807) is 17.2 Å². The number of fused-ring (bicyclic) bond motifs is 2. The Morgan fingerprint density at radius 2 is 1.87 bits per heavy atom. The summed E-state index contributed by atoms with van der Waals surface area (Å²) in [6, 6.07) is 19.9. The summed E-state index contributed by atoms with van der Waals surface area (Å²) in [4.78, 5) is 18.1. The third-order valence-corrected chi connectivity index (χ3v) is 5.64. The van der Waals surface area contributed by atoms with Crippen LogP contribution in [0.2, 0.25) is 0 Å². The lowest BCUT2D eigenvalue weighted by molar-refractivity contribution is -0.129. The van der Waals surface area contributed by atoms with E-state index in [0.717, 1.165) is 38.5 Å². The van der Waals surface area contributed by atoms with Crippen LogP contribution in [0.15, 0.2) is 79.5 Å². The van der Waals surface area contributed by atoms with Gasteiger partial charge in [0.05, 0.1) is 17.2 Å². The minimum atomic E-state index is -0.0397. The number of amides is 1. The molecule has 1 fully saturated rings. The maximum Gasteiger partial charge on any atom is 0.246 e. The second kappa shape index (κ2) is 7.19.